The smallest absolute Gasteiger partial charge is 0.251 e. The Kier molecular flexibility index (Phi) is 6.97. The van der Waals surface area contributed by atoms with Gasteiger partial charge < -0.3 is 4.57 Å². The lowest BCUT2D eigenvalue weighted by Gasteiger charge is -2.29. The average molecular weight is 484 g/mol. The molecule has 0 aliphatic carbocycles. The average Bonchev–Trinajstić information content (AvgIpc) is 3.15. The number of rotatable bonds is 6. The van der Waals surface area contributed by atoms with Gasteiger partial charge in [0.2, 0.25) is 10.0 Å². The predicted octanol–water partition coefficient (Wildman–Crippen LogP) is 4.29. The van der Waals surface area contributed by atoms with Gasteiger partial charge in [-0.25, -0.2) is 8.42 Å². The van der Waals surface area contributed by atoms with Gasteiger partial charge in [0.25, 0.3) is 5.91 Å². The van der Waals surface area contributed by atoms with Crippen LogP contribution in [0, 0.1) is 12.8 Å². The van der Waals surface area contributed by atoms with E-state index in [2.05, 4.69) is 36.7 Å². The number of hydrogen-bond donors (Lipinski definition) is 0. The lowest BCUT2D eigenvalue weighted by molar-refractivity contribution is -0.122. The molecule has 1 aliphatic heterocycles. The van der Waals surface area contributed by atoms with Crippen molar-refractivity contribution in [3.63, 3.8) is 0 Å². The molecule has 1 aromatic heterocycles. The Morgan fingerprint density at radius 1 is 1.18 bits per heavy atom. The maximum atomic E-state index is 13.0. The Labute approximate surface area is 199 Å². The van der Waals surface area contributed by atoms with Crippen LogP contribution in [0.5, 0.6) is 0 Å². The minimum absolute atomic E-state index is 0.178. The molecule has 174 valence electrons. The molecule has 2 aromatic carbocycles. The minimum Gasteiger partial charge on any atom is -0.313 e. The third kappa shape index (κ3) is 4.88. The van der Waals surface area contributed by atoms with Crippen LogP contribution in [-0.2, 0) is 27.8 Å². The minimum atomic E-state index is -3.55. The predicted molar refractivity (Wildman–Crippen MR) is 133 cm³/mol. The Morgan fingerprint density at radius 2 is 1.88 bits per heavy atom. The van der Waals surface area contributed by atoms with Crippen molar-refractivity contribution in [1.82, 2.24) is 8.87 Å². The Hall–Kier alpha value is -2.55. The molecule has 1 amide bonds. The topological polar surface area (TPSA) is 71.7 Å². The summed E-state index contributed by atoms with van der Waals surface area (Å²) in [7, 11) is -3.55. The van der Waals surface area contributed by atoms with Crippen LogP contribution in [0.3, 0.4) is 0 Å². The van der Waals surface area contributed by atoms with Crippen molar-refractivity contribution >= 4 is 37.5 Å². The highest BCUT2D eigenvalue weighted by Crippen LogP contribution is 2.25. The van der Waals surface area contributed by atoms with E-state index in [1.165, 1.54) is 21.2 Å². The molecule has 2 heterocycles. The van der Waals surface area contributed by atoms with Crippen LogP contribution in [0.2, 0.25) is 0 Å². The van der Waals surface area contributed by atoms with Crippen molar-refractivity contribution in [3.05, 3.63) is 71.0 Å². The first kappa shape index (κ1) is 23.6. The first-order valence-corrected chi connectivity index (χ1v) is 13.5. The van der Waals surface area contributed by atoms with Gasteiger partial charge in [0.15, 0.2) is 4.80 Å². The first-order valence-electron chi connectivity index (χ1n) is 11.2. The van der Waals surface area contributed by atoms with Gasteiger partial charge in [-0.05, 0) is 56.0 Å². The summed E-state index contributed by atoms with van der Waals surface area (Å²) in [6.45, 7) is 9.10. The number of aryl methyl sites for hydroxylation is 2. The van der Waals surface area contributed by atoms with E-state index in [-0.39, 0.29) is 11.8 Å². The summed E-state index contributed by atoms with van der Waals surface area (Å²) in [5, 5.41) is 0. The molecule has 0 atom stereocenters. The first-order chi connectivity index (χ1) is 15.8. The number of allylic oxidation sites excluding steroid dienone is 1. The summed E-state index contributed by atoms with van der Waals surface area (Å²) in [6.07, 6.45) is 3.70. The van der Waals surface area contributed by atoms with Gasteiger partial charge >= 0.3 is 0 Å². The maximum Gasteiger partial charge on any atom is 0.251 e. The normalized spacial score (nSPS) is 16.4. The van der Waals surface area contributed by atoms with E-state index in [0.29, 0.717) is 42.2 Å². The van der Waals surface area contributed by atoms with Crippen molar-refractivity contribution in [3.8, 4) is 0 Å². The third-order valence-corrected chi connectivity index (χ3v) is 9.09. The molecule has 0 saturated carbocycles. The number of thiazole rings is 1. The van der Waals surface area contributed by atoms with E-state index in [9.17, 15) is 13.2 Å². The standard InChI is InChI=1S/C25H29N3O3S2/c1-4-14-28-22-11-8-19(5-2)17-23(22)32-25(28)26-24(29)20-12-15-27(16-13-20)33(30,31)21-9-6-18(3)7-10-21/h4,6-11,17,20H,1,5,12-16H2,2-3H3. The van der Waals surface area contributed by atoms with Crippen molar-refractivity contribution in [1.29, 1.82) is 0 Å². The van der Waals surface area contributed by atoms with Crippen LogP contribution in [0.1, 0.15) is 30.9 Å². The maximum absolute atomic E-state index is 13.0. The molecule has 1 aliphatic rings. The van der Waals surface area contributed by atoms with E-state index in [1.807, 2.05) is 11.5 Å². The quantitative estimate of drug-likeness (QED) is 0.491. The Morgan fingerprint density at radius 3 is 2.52 bits per heavy atom. The highest BCUT2D eigenvalue weighted by Gasteiger charge is 2.32. The molecule has 0 radical (unpaired) electrons. The number of carbonyl (C=O) groups is 1. The largest absolute Gasteiger partial charge is 0.313 e. The second-order valence-electron chi connectivity index (χ2n) is 8.38. The van der Waals surface area contributed by atoms with Crippen molar-refractivity contribution in [2.45, 2.75) is 44.6 Å². The zero-order valence-electron chi connectivity index (χ0n) is 19.0. The van der Waals surface area contributed by atoms with Crippen LogP contribution in [0.25, 0.3) is 10.2 Å². The molecule has 0 bridgehead atoms. The fourth-order valence-corrected chi connectivity index (χ4v) is 6.69. The van der Waals surface area contributed by atoms with Crippen molar-refractivity contribution < 1.29 is 13.2 Å². The highest BCUT2D eigenvalue weighted by molar-refractivity contribution is 7.89. The molecule has 0 N–H and O–H groups in total. The van der Waals surface area contributed by atoms with Gasteiger partial charge in [0.05, 0.1) is 15.1 Å². The summed E-state index contributed by atoms with van der Waals surface area (Å²) >= 11 is 1.51. The van der Waals surface area contributed by atoms with Crippen LogP contribution in [0.4, 0.5) is 0 Å². The molecule has 4 rings (SSSR count). The summed E-state index contributed by atoms with van der Waals surface area (Å²) in [5.74, 6) is -0.453. The van der Waals surface area contributed by atoms with E-state index in [1.54, 1.807) is 30.3 Å². The Bertz CT molecular complexity index is 1340. The summed E-state index contributed by atoms with van der Waals surface area (Å²) in [5.41, 5.74) is 3.30. The monoisotopic (exact) mass is 483 g/mol. The second-order valence-corrected chi connectivity index (χ2v) is 11.3. The number of benzene rings is 2. The SMILES string of the molecule is C=CCn1c(=NC(=O)C2CCN(S(=O)(=O)c3ccc(C)cc3)CC2)sc2cc(CC)ccc21. The number of aromatic nitrogens is 1. The van der Waals surface area contributed by atoms with E-state index in [4.69, 9.17) is 0 Å². The molecule has 0 unspecified atom stereocenters. The van der Waals surface area contributed by atoms with Gasteiger partial charge in [0.1, 0.15) is 0 Å². The van der Waals surface area contributed by atoms with Crippen molar-refractivity contribution in [2.24, 2.45) is 10.9 Å². The van der Waals surface area contributed by atoms with Crippen molar-refractivity contribution in [2.75, 3.05) is 13.1 Å². The van der Waals surface area contributed by atoms with E-state index < -0.39 is 10.0 Å². The second kappa shape index (κ2) is 9.75. The Balaban J connectivity index is 1.53. The highest BCUT2D eigenvalue weighted by atomic mass is 32.2. The number of amides is 1. The molecule has 1 fully saturated rings. The molecule has 0 spiro atoms. The summed E-state index contributed by atoms with van der Waals surface area (Å²) in [6, 6.07) is 13.2. The van der Waals surface area contributed by atoms with Gasteiger partial charge in [-0.2, -0.15) is 9.30 Å². The molecule has 3 aromatic rings. The number of carbonyl (C=O) groups excluding carboxylic acids is 1. The van der Waals surface area contributed by atoms with Gasteiger partial charge in [-0.3, -0.25) is 4.79 Å². The van der Waals surface area contributed by atoms with Crippen LogP contribution >= 0.6 is 11.3 Å². The number of sulfonamides is 1. The van der Waals surface area contributed by atoms with E-state index in [0.717, 1.165) is 22.2 Å². The third-order valence-electron chi connectivity index (χ3n) is 6.13. The number of fused-ring (bicyclic) bond motifs is 1. The molecule has 6 nitrogen and oxygen atoms in total. The van der Waals surface area contributed by atoms with E-state index >= 15 is 0 Å². The van der Waals surface area contributed by atoms with Crippen LogP contribution < -0.4 is 4.80 Å². The molecule has 8 heteroatoms. The zero-order chi connectivity index (χ0) is 23.6. The zero-order valence-corrected chi connectivity index (χ0v) is 20.7. The molecule has 1 saturated heterocycles. The lowest BCUT2D eigenvalue weighted by Crippen LogP contribution is -2.40. The van der Waals surface area contributed by atoms with Gasteiger partial charge in [-0.1, -0.05) is 48.1 Å². The molecular formula is C25H29N3O3S2. The summed E-state index contributed by atoms with van der Waals surface area (Å²) < 4.78 is 30.5. The molecule has 33 heavy (non-hydrogen) atoms. The van der Waals surface area contributed by atoms with Gasteiger partial charge in [0, 0.05) is 25.6 Å². The summed E-state index contributed by atoms with van der Waals surface area (Å²) in [4.78, 5) is 18.5. The van der Waals surface area contributed by atoms with Gasteiger partial charge in [-0.15, -0.1) is 6.58 Å². The fourth-order valence-electron chi connectivity index (χ4n) is 4.12. The number of piperidine rings is 1. The number of hydrogen-bond acceptors (Lipinski definition) is 4. The fraction of sp³-hybridized carbons (Fsp3) is 0.360. The lowest BCUT2D eigenvalue weighted by atomic mass is 9.98. The van der Waals surface area contributed by atoms with Crippen LogP contribution in [-0.4, -0.2) is 36.3 Å². The van der Waals surface area contributed by atoms with Crippen LogP contribution in [0.15, 0.2) is 65.0 Å². The molecular weight excluding hydrogens is 454 g/mol. The number of nitrogens with zero attached hydrogens (tertiary/aromatic N) is 3.